The van der Waals surface area contributed by atoms with Crippen LogP contribution in [-0.2, 0) is 11.3 Å². The van der Waals surface area contributed by atoms with E-state index in [9.17, 15) is 9.59 Å². The number of hydrogen-bond acceptors (Lipinski definition) is 6. The van der Waals surface area contributed by atoms with Gasteiger partial charge in [0.15, 0.2) is 0 Å². The zero-order chi connectivity index (χ0) is 16.3. The quantitative estimate of drug-likeness (QED) is 0.888. The van der Waals surface area contributed by atoms with Gasteiger partial charge in [-0.1, -0.05) is 0 Å². The van der Waals surface area contributed by atoms with Crippen LogP contribution in [0.3, 0.4) is 0 Å². The molecule has 2 heterocycles. The van der Waals surface area contributed by atoms with Crippen molar-refractivity contribution in [3.63, 3.8) is 0 Å². The van der Waals surface area contributed by atoms with E-state index in [1.807, 2.05) is 0 Å². The lowest BCUT2D eigenvalue weighted by Crippen LogP contribution is -2.28. The first-order chi connectivity index (χ1) is 10.4. The molecule has 116 valence electrons. The Bertz CT molecular complexity index is 746. The molecule has 0 radical (unpaired) electrons. The number of amides is 1. The van der Waals surface area contributed by atoms with E-state index in [0.29, 0.717) is 22.8 Å². The van der Waals surface area contributed by atoms with Gasteiger partial charge in [0.2, 0.25) is 5.91 Å². The lowest BCUT2D eigenvalue weighted by atomic mass is 10.3. The fraction of sp³-hybridized carbons (Fsp3) is 0.357. The van der Waals surface area contributed by atoms with E-state index in [1.165, 1.54) is 24.1 Å². The second-order valence-corrected chi connectivity index (χ2v) is 4.80. The van der Waals surface area contributed by atoms with Crippen LogP contribution in [0.2, 0.25) is 0 Å². The maximum absolute atomic E-state index is 12.1. The third-order valence-electron chi connectivity index (χ3n) is 3.03. The first-order valence-corrected chi connectivity index (χ1v) is 6.63. The van der Waals surface area contributed by atoms with Crippen LogP contribution in [0.4, 0.5) is 5.69 Å². The van der Waals surface area contributed by atoms with Gasteiger partial charge in [0.25, 0.3) is 5.56 Å². The van der Waals surface area contributed by atoms with Gasteiger partial charge in [-0.2, -0.15) is 9.97 Å². The number of aryl methyl sites for hydroxylation is 3. The number of nitrogens with zero attached hydrogens (tertiary/aromatic N) is 4. The van der Waals surface area contributed by atoms with Gasteiger partial charge in [-0.25, -0.2) is 4.98 Å². The molecular weight excluding hydrogens is 286 g/mol. The molecule has 0 atom stereocenters. The molecule has 0 saturated heterocycles. The number of hydrogen-bond donors (Lipinski definition) is 1. The summed E-state index contributed by atoms with van der Waals surface area (Å²) in [5, 5.41) is 2.71. The van der Waals surface area contributed by atoms with E-state index in [4.69, 9.17) is 4.74 Å². The second-order valence-electron chi connectivity index (χ2n) is 4.80. The molecule has 8 nitrogen and oxygen atoms in total. The van der Waals surface area contributed by atoms with E-state index in [2.05, 4.69) is 20.3 Å². The predicted molar refractivity (Wildman–Crippen MR) is 79.9 cm³/mol. The van der Waals surface area contributed by atoms with Crippen LogP contribution < -0.4 is 15.6 Å². The third-order valence-corrected chi connectivity index (χ3v) is 3.03. The Morgan fingerprint density at radius 2 is 1.91 bits per heavy atom. The zero-order valence-electron chi connectivity index (χ0n) is 12.9. The minimum atomic E-state index is -0.354. The Morgan fingerprint density at radius 1 is 1.27 bits per heavy atom. The van der Waals surface area contributed by atoms with Gasteiger partial charge in [-0.15, -0.1) is 0 Å². The summed E-state index contributed by atoms with van der Waals surface area (Å²) in [6, 6.07) is 1.62. The van der Waals surface area contributed by atoms with Gasteiger partial charge in [0.1, 0.15) is 6.54 Å². The molecule has 0 saturated carbocycles. The van der Waals surface area contributed by atoms with Crippen molar-refractivity contribution >= 4 is 11.6 Å². The Hall–Kier alpha value is -2.77. The van der Waals surface area contributed by atoms with Crippen molar-refractivity contribution in [2.45, 2.75) is 27.3 Å². The Morgan fingerprint density at radius 3 is 2.45 bits per heavy atom. The zero-order valence-corrected chi connectivity index (χ0v) is 12.9. The number of rotatable bonds is 4. The highest BCUT2D eigenvalue weighted by Crippen LogP contribution is 2.19. The predicted octanol–water partition coefficient (Wildman–Crippen LogP) is 0.606. The van der Waals surface area contributed by atoms with Crippen LogP contribution in [0, 0.1) is 20.8 Å². The molecule has 0 fully saturated rings. The summed E-state index contributed by atoms with van der Waals surface area (Å²) in [7, 11) is 1.48. The lowest BCUT2D eigenvalue weighted by molar-refractivity contribution is -0.116. The number of methoxy groups -OCH3 is 1. The van der Waals surface area contributed by atoms with E-state index < -0.39 is 0 Å². The fourth-order valence-electron chi connectivity index (χ4n) is 1.93. The molecule has 0 aliphatic heterocycles. The number of carbonyl (C=O) groups is 1. The van der Waals surface area contributed by atoms with Gasteiger partial charge in [0.05, 0.1) is 30.5 Å². The van der Waals surface area contributed by atoms with Crippen molar-refractivity contribution in [2.24, 2.45) is 0 Å². The number of aromatic nitrogens is 4. The van der Waals surface area contributed by atoms with Crippen molar-refractivity contribution < 1.29 is 9.53 Å². The second kappa shape index (κ2) is 6.33. The SMILES string of the molecule is COc1nc(C)c(NC(=O)Cn2cnc(C)cc2=O)c(C)n1. The van der Waals surface area contributed by atoms with E-state index in [-0.39, 0.29) is 24.0 Å². The average molecular weight is 303 g/mol. The first-order valence-electron chi connectivity index (χ1n) is 6.63. The monoisotopic (exact) mass is 303 g/mol. The van der Waals surface area contributed by atoms with Crippen molar-refractivity contribution in [3.05, 3.63) is 39.8 Å². The van der Waals surface area contributed by atoms with Gasteiger partial charge < -0.3 is 10.1 Å². The van der Waals surface area contributed by atoms with Gasteiger partial charge in [-0.05, 0) is 20.8 Å². The van der Waals surface area contributed by atoms with Crippen molar-refractivity contribution in [1.29, 1.82) is 0 Å². The van der Waals surface area contributed by atoms with Crippen LogP contribution in [0.1, 0.15) is 17.1 Å². The molecule has 0 aromatic carbocycles. The summed E-state index contributed by atoms with van der Waals surface area (Å²) < 4.78 is 6.20. The molecule has 2 aromatic heterocycles. The number of nitrogens with one attached hydrogen (secondary N) is 1. The summed E-state index contributed by atoms with van der Waals surface area (Å²) in [6.45, 7) is 5.07. The topological polar surface area (TPSA) is 99.0 Å². The van der Waals surface area contributed by atoms with Crippen LogP contribution >= 0.6 is 0 Å². The maximum Gasteiger partial charge on any atom is 0.316 e. The highest BCUT2D eigenvalue weighted by atomic mass is 16.5. The molecule has 1 amide bonds. The van der Waals surface area contributed by atoms with E-state index >= 15 is 0 Å². The Balaban J connectivity index is 2.17. The fourth-order valence-corrected chi connectivity index (χ4v) is 1.93. The standard InChI is InChI=1S/C14H17N5O3/c1-8-5-12(21)19(7-15-8)6-11(20)18-13-9(2)16-14(22-4)17-10(13)3/h5,7H,6H2,1-4H3,(H,18,20). The highest BCUT2D eigenvalue weighted by molar-refractivity contribution is 5.91. The molecule has 0 spiro atoms. The van der Waals surface area contributed by atoms with Gasteiger partial charge in [0, 0.05) is 11.8 Å². The molecule has 0 bridgehead atoms. The molecule has 8 heteroatoms. The number of ether oxygens (including phenoxy) is 1. The van der Waals surface area contributed by atoms with Gasteiger partial charge in [-0.3, -0.25) is 14.2 Å². The first kappa shape index (κ1) is 15.6. The molecular formula is C14H17N5O3. The summed E-state index contributed by atoms with van der Waals surface area (Å²) >= 11 is 0. The smallest absolute Gasteiger partial charge is 0.316 e. The molecule has 0 aliphatic rings. The normalized spacial score (nSPS) is 10.4. The van der Waals surface area contributed by atoms with Crippen LogP contribution in [0.25, 0.3) is 0 Å². The van der Waals surface area contributed by atoms with E-state index in [0.717, 1.165) is 0 Å². The summed E-state index contributed by atoms with van der Waals surface area (Å²) in [5.41, 5.74) is 2.03. The van der Waals surface area contributed by atoms with Crippen LogP contribution in [0.5, 0.6) is 6.01 Å². The van der Waals surface area contributed by atoms with E-state index in [1.54, 1.807) is 20.8 Å². The highest BCUT2D eigenvalue weighted by Gasteiger charge is 2.12. The molecule has 0 unspecified atom stereocenters. The Labute approximate surface area is 127 Å². The number of carbonyl (C=O) groups excluding carboxylic acids is 1. The Kier molecular flexibility index (Phi) is 4.50. The maximum atomic E-state index is 12.1. The number of anilines is 1. The largest absolute Gasteiger partial charge is 0.467 e. The van der Waals surface area contributed by atoms with Crippen LogP contribution in [-0.4, -0.2) is 32.5 Å². The van der Waals surface area contributed by atoms with Crippen LogP contribution in [0.15, 0.2) is 17.2 Å². The molecule has 1 N–H and O–H groups in total. The average Bonchev–Trinajstić information content (AvgIpc) is 2.45. The van der Waals surface area contributed by atoms with Crippen molar-refractivity contribution in [2.75, 3.05) is 12.4 Å². The van der Waals surface area contributed by atoms with Gasteiger partial charge >= 0.3 is 6.01 Å². The van der Waals surface area contributed by atoms with Crippen molar-refractivity contribution in [3.8, 4) is 6.01 Å². The summed E-state index contributed by atoms with van der Waals surface area (Å²) in [6.07, 6.45) is 1.35. The lowest BCUT2D eigenvalue weighted by Gasteiger charge is -2.12. The molecule has 0 aliphatic carbocycles. The molecule has 2 rings (SSSR count). The van der Waals surface area contributed by atoms with Crippen molar-refractivity contribution in [1.82, 2.24) is 19.5 Å². The summed E-state index contributed by atoms with van der Waals surface area (Å²) in [5.74, 6) is -0.354. The third kappa shape index (κ3) is 3.46. The minimum Gasteiger partial charge on any atom is -0.467 e. The molecule has 22 heavy (non-hydrogen) atoms. The minimum absolute atomic E-state index is 0.128. The molecule has 2 aromatic rings. The summed E-state index contributed by atoms with van der Waals surface area (Å²) in [4.78, 5) is 36.1.